The molecule has 1 aromatic carbocycles. The van der Waals surface area contributed by atoms with Crippen LogP contribution >= 0.6 is 0 Å². The molecule has 0 radical (unpaired) electrons. The highest BCUT2D eigenvalue weighted by atomic mass is 32.2. The fourth-order valence-electron chi connectivity index (χ4n) is 3.35. The Bertz CT molecular complexity index is 649. The van der Waals surface area contributed by atoms with E-state index in [1.165, 1.54) is 4.31 Å². The van der Waals surface area contributed by atoms with Gasteiger partial charge >= 0.3 is 5.97 Å². The molecule has 5 nitrogen and oxygen atoms in total. The summed E-state index contributed by atoms with van der Waals surface area (Å²) in [5.41, 5.74) is 1.85. The molecular weight excluding hydrogens is 290 g/mol. The van der Waals surface area contributed by atoms with Crippen LogP contribution in [0.2, 0.25) is 0 Å². The molecule has 2 aliphatic rings. The fourth-order valence-corrected chi connectivity index (χ4v) is 5.51. The normalized spacial score (nSPS) is 23.9. The molecular formula is C15H19NO4S. The lowest BCUT2D eigenvalue weighted by Gasteiger charge is -2.35. The van der Waals surface area contributed by atoms with Gasteiger partial charge in [-0.2, -0.15) is 4.31 Å². The second-order valence-electron chi connectivity index (χ2n) is 5.82. The molecule has 0 unspecified atom stereocenters. The van der Waals surface area contributed by atoms with Crippen molar-refractivity contribution in [2.45, 2.75) is 49.9 Å². The Morgan fingerprint density at radius 1 is 1.14 bits per heavy atom. The summed E-state index contributed by atoms with van der Waals surface area (Å²) < 4.78 is 26.8. The van der Waals surface area contributed by atoms with Gasteiger partial charge < -0.3 is 5.11 Å². The van der Waals surface area contributed by atoms with Gasteiger partial charge in [-0.05, 0) is 24.0 Å². The zero-order valence-electron chi connectivity index (χ0n) is 11.7. The van der Waals surface area contributed by atoms with E-state index in [1.54, 1.807) is 0 Å². The van der Waals surface area contributed by atoms with Crippen molar-refractivity contribution in [2.24, 2.45) is 0 Å². The number of carboxylic acids is 1. The monoisotopic (exact) mass is 309 g/mol. The Hall–Kier alpha value is -1.40. The summed E-state index contributed by atoms with van der Waals surface area (Å²) in [5, 5.41) is 9.02. The lowest BCUT2D eigenvalue weighted by Crippen LogP contribution is -2.51. The molecule has 0 saturated heterocycles. The van der Waals surface area contributed by atoms with Crippen LogP contribution in [0.25, 0.3) is 0 Å². The van der Waals surface area contributed by atoms with E-state index in [1.807, 2.05) is 24.3 Å². The Balaban J connectivity index is 1.97. The molecule has 0 aromatic heterocycles. The average molecular weight is 309 g/mol. The first kappa shape index (κ1) is 14.5. The predicted octanol–water partition coefficient (Wildman–Crippen LogP) is 1.77. The van der Waals surface area contributed by atoms with Crippen molar-refractivity contribution in [3.63, 3.8) is 0 Å². The van der Waals surface area contributed by atoms with Crippen LogP contribution < -0.4 is 0 Å². The van der Waals surface area contributed by atoms with Crippen LogP contribution in [0.5, 0.6) is 0 Å². The number of aliphatic carboxylic acids is 1. The number of sulfonamides is 1. The highest BCUT2D eigenvalue weighted by molar-refractivity contribution is 7.89. The van der Waals surface area contributed by atoms with Gasteiger partial charge in [-0.15, -0.1) is 0 Å². The second kappa shape index (κ2) is 5.42. The second-order valence-corrected chi connectivity index (χ2v) is 7.99. The molecule has 0 amide bonds. The smallest absolute Gasteiger partial charge is 0.322 e. The summed E-state index contributed by atoms with van der Waals surface area (Å²) in [6, 6.07) is 6.50. The van der Waals surface area contributed by atoms with Crippen LogP contribution in [0.4, 0.5) is 0 Å². The topological polar surface area (TPSA) is 74.7 Å². The molecule has 1 aliphatic carbocycles. The Morgan fingerprint density at radius 3 is 2.38 bits per heavy atom. The van der Waals surface area contributed by atoms with E-state index in [0.29, 0.717) is 12.8 Å². The van der Waals surface area contributed by atoms with E-state index in [0.717, 1.165) is 24.0 Å². The van der Waals surface area contributed by atoms with Gasteiger partial charge in [-0.3, -0.25) is 4.79 Å². The predicted molar refractivity (Wildman–Crippen MR) is 78.3 cm³/mol. The molecule has 1 fully saturated rings. The van der Waals surface area contributed by atoms with Crippen molar-refractivity contribution in [1.82, 2.24) is 4.31 Å². The lowest BCUT2D eigenvalue weighted by molar-refractivity contribution is -0.141. The van der Waals surface area contributed by atoms with Gasteiger partial charge in [0.2, 0.25) is 10.0 Å². The number of nitrogens with zero attached hydrogens (tertiary/aromatic N) is 1. The Labute approximate surface area is 124 Å². The third-order valence-corrected chi connectivity index (χ3v) is 6.89. The van der Waals surface area contributed by atoms with Crippen molar-refractivity contribution in [3.8, 4) is 0 Å². The zero-order valence-corrected chi connectivity index (χ0v) is 12.6. The molecule has 21 heavy (non-hydrogen) atoms. The minimum absolute atomic E-state index is 0.173. The molecule has 1 atom stereocenters. The zero-order chi connectivity index (χ0) is 15.0. The Kier molecular flexibility index (Phi) is 3.75. The average Bonchev–Trinajstić information content (AvgIpc) is 3.00. The first-order chi connectivity index (χ1) is 10.00. The number of fused-ring (bicyclic) bond motifs is 1. The van der Waals surface area contributed by atoms with Gasteiger partial charge in [0.25, 0.3) is 0 Å². The molecule has 1 aromatic rings. The van der Waals surface area contributed by atoms with Crippen molar-refractivity contribution < 1.29 is 18.3 Å². The van der Waals surface area contributed by atoms with Crippen LogP contribution in [0.1, 0.15) is 36.8 Å². The maximum Gasteiger partial charge on any atom is 0.322 e. The molecule has 0 bridgehead atoms. The summed E-state index contributed by atoms with van der Waals surface area (Å²) in [7, 11) is -3.55. The first-order valence-corrected chi connectivity index (χ1v) is 8.80. The van der Waals surface area contributed by atoms with Crippen LogP contribution in [0.3, 0.4) is 0 Å². The summed E-state index contributed by atoms with van der Waals surface area (Å²) in [5.74, 6) is -1.06. The fraction of sp³-hybridized carbons (Fsp3) is 0.533. The van der Waals surface area contributed by atoms with Crippen molar-refractivity contribution in [3.05, 3.63) is 35.4 Å². The van der Waals surface area contributed by atoms with E-state index < -0.39 is 27.3 Å². The van der Waals surface area contributed by atoms with E-state index in [2.05, 4.69) is 0 Å². The van der Waals surface area contributed by atoms with Gasteiger partial charge in [0.15, 0.2) is 0 Å². The lowest BCUT2D eigenvalue weighted by atomic mass is 9.96. The number of hydrogen-bond acceptors (Lipinski definition) is 3. The quantitative estimate of drug-likeness (QED) is 0.923. The molecule has 114 valence electrons. The van der Waals surface area contributed by atoms with E-state index in [9.17, 15) is 18.3 Å². The SMILES string of the molecule is O=C(O)[C@@H]1Cc2ccccc2CN1S(=O)(=O)C1CCCC1. The third kappa shape index (κ3) is 2.58. The maximum absolute atomic E-state index is 12.8. The molecule has 1 aliphatic heterocycles. The van der Waals surface area contributed by atoms with Gasteiger partial charge in [0.1, 0.15) is 6.04 Å². The van der Waals surface area contributed by atoms with Gasteiger partial charge in [-0.25, -0.2) is 8.42 Å². The van der Waals surface area contributed by atoms with Gasteiger partial charge in [0.05, 0.1) is 5.25 Å². The van der Waals surface area contributed by atoms with Crippen LogP contribution in [0.15, 0.2) is 24.3 Å². The number of benzene rings is 1. The molecule has 1 saturated carbocycles. The van der Waals surface area contributed by atoms with Gasteiger partial charge in [0, 0.05) is 13.0 Å². The highest BCUT2D eigenvalue weighted by Gasteiger charge is 2.43. The summed E-state index contributed by atoms with van der Waals surface area (Å²) in [6.07, 6.45) is 3.36. The molecule has 1 heterocycles. The maximum atomic E-state index is 12.8. The van der Waals surface area contributed by atoms with Crippen molar-refractivity contribution in [2.75, 3.05) is 0 Å². The molecule has 6 heteroatoms. The Morgan fingerprint density at radius 2 is 1.76 bits per heavy atom. The van der Waals surface area contributed by atoms with Gasteiger partial charge in [-0.1, -0.05) is 37.1 Å². The number of carbonyl (C=O) groups is 1. The van der Waals surface area contributed by atoms with E-state index in [-0.39, 0.29) is 13.0 Å². The molecule has 0 spiro atoms. The van der Waals surface area contributed by atoms with Crippen LogP contribution in [0, 0.1) is 0 Å². The van der Waals surface area contributed by atoms with Crippen molar-refractivity contribution >= 4 is 16.0 Å². The van der Waals surface area contributed by atoms with E-state index in [4.69, 9.17) is 0 Å². The minimum Gasteiger partial charge on any atom is -0.480 e. The summed E-state index contributed by atoms with van der Waals surface area (Å²) in [6.45, 7) is 0.173. The van der Waals surface area contributed by atoms with Crippen LogP contribution in [-0.2, 0) is 27.8 Å². The highest BCUT2D eigenvalue weighted by Crippen LogP contribution is 2.32. The number of carboxylic acid groups (broad SMARTS) is 1. The van der Waals surface area contributed by atoms with Crippen LogP contribution in [-0.4, -0.2) is 35.1 Å². The number of rotatable bonds is 3. The largest absolute Gasteiger partial charge is 0.480 e. The first-order valence-electron chi connectivity index (χ1n) is 7.30. The minimum atomic E-state index is -3.55. The molecule has 3 rings (SSSR count). The summed E-state index contributed by atoms with van der Waals surface area (Å²) >= 11 is 0. The standard InChI is InChI=1S/C15H19NO4S/c17-15(18)14-9-11-5-1-2-6-12(11)10-16(14)21(19,20)13-7-3-4-8-13/h1-2,5-6,13-14H,3-4,7-10H2,(H,17,18)/t14-/m0/s1. The summed E-state index contributed by atoms with van der Waals surface area (Å²) in [4.78, 5) is 11.5. The third-order valence-electron chi connectivity index (χ3n) is 4.54. The molecule has 1 N–H and O–H groups in total. The van der Waals surface area contributed by atoms with Crippen molar-refractivity contribution in [1.29, 1.82) is 0 Å². The van der Waals surface area contributed by atoms with E-state index >= 15 is 0 Å². The number of hydrogen-bond donors (Lipinski definition) is 1.